The van der Waals surface area contributed by atoms with E-state index in [1.54, 1.807) is 5.38 Å². The number of carbonyl (C=O) groups excluding carboxylic acids is 2. The smallest absolute Gasteiger partial charge is 0.249 e. The van der Waals surface area contributed by atoms with Crippen molar-refractivity contribution in [1.29, 1.82) is 0 Å². The van der Waals surface area contributed by atoms with Crippen LogP contribution >= 0.6 is 11.3 Å². The van der Waals surface area contributed by atoms with E-state index in [-0.39, 0.29) is 12.2 Å². The van der Waals surface area contributed by atoms with Gasteiger partial charge in [0.25, 0.3) is 0 Å². The standard InChI is InChI=1S/C11H12N6O2S/c12-8(18)6-4-20-7-1-2-11(9(13)19,3-5(6)7)10-14-16-17-15-10/h4H,1-3H2,(H2,12,18)(H2,13,19)(H,14,15,16,17). The number of carbonyl (C=O) groups is 2. The molecule has 1 atom stereocenters. The zero-order chi connectivity index (χ0) is 14.3. The lowest BCUT2D eigenvalue weighted by molar-refractivity contribution is -0.124. The highest BCUT2D eigenvalue weighted by atomic mass is 32.1. The average molecular weight is 292 g/mol. The van der Waals surface area contributed by atoms with Crippen LogP contribution in [0.3, 0.4) is 0 Å². The Kier molecular flexibility index (Phi) is 2.78. The van der Waals surface area contributed by atoms with Gasteiger partial charge in [-0.3, -0.25) is 9.59 Å². The predicted octanol–water partition coefficient (Wildman–Crippen LogP) is -0.728. The molecule has 0 aliphatic heterocycles. The third kappa shape index (κ3) is 1.70. The number of rotatable bonds is 3. The molecule has 20 heavy (non-hydrogen) atoms. The molecular weight excluding hydrogens is 280 g/mol. The van der Waals surface area contributed by atoms with Crippen molar-refractivity contribution in [2.45, 2.75) is 24.7 Å². The molecule has 0 saturated carbocycles. The summed E-state index contributed by atoms with van der Waals surface area (Å²) in [6.45, 7) is 0. The van der Waals surface area contributed by atoms with Gasteiger partial charge in [0.2, 0.25) is 11.8 Å². The highest BCUT2D eigenvalue weighted by Crippen LogP contribution is 2.40. The van der Waals surface area contributed by atoms with E-state index in [0.29, 0.717) is 18.4 Å². The Morgan fingerprint density at radius 3 is 2.80 bits per heavy atom. The summed E-state index contributed by atoms with van der Waals surface area (Å²) >= 11 is 1.47. The van der Waals surface area contributed by atoms with Crippen molar-refractivity contribution in [2.24, 2.45) is 11.5 Å². The van der Waals surface area contributed by atoms with E-state index < -0.39 is 17.2 Å². The number of nitrogens with one attached hydrogen (secondary N) is 1. The lowest BCUT2D eigenvalue weighted by Gasteiger charge is -2.31. The second-order valence-corrected chi connectivity index (χ2v) is 5.74. The Morgan fingerprint density at radius 1 is 1.40 bits per heavy atom. The number of aromatic nitrogens is 4. The molecule has 1 unspecified atom stereocenters. The quantitative estimate of drug-likeness (QED) is 0.684. The number of fused-ring (bicyclic) bond motifs is 1. The van der Waals surface area contributed by atoms with E-state index >= 15 is 0 Å². The summed E-state index contributed by atoms with van der Waals surface area (Å²) < 4.78 is 0. The van der Waals surface area contributed by atoms with Gasteiger partial charge in [0.15, 0.2) is 5.82 Å². The van der Waals surface area contributed by atoms with Crippen molar-refractivity contribution in [3.8, 4) is 0 Å². The molecule has 9 heteroatoms. The summed E-state index contributed by atoms with van der Waals surface area (Å²) in [5.74, 6) is -0.765. The van der Waals surface area contributed by atoms with Gasteiger partial charge in [-0.1, -0.05) is 5.21 Å². The van der Waals surface area contributed by atoms with Gasteiger partial charge >= 0.3 is 0 Å². The first-order valence-electron chi connectivity index (χ1n) is 5.97. The van der Waals surface area contributed by atoms with Crippen LogP contribution in [0.2, 0.25) is 0 Å². The van der Waals surface area contributed by atoms with E-state index in [9.17, 15) is 9.59 Å². The summed E-state index contributed by atoms with van der Waals surface area (Å²) in [6.07, 6.45) is 1.40. The normalized spacial score (nSPS) is 21.4. The first kappa shape index (κ1) is 12.7. The van der Waals surface area contributed by atoms with Crippen LogP contribution in [0, 0.1) is 0 Å². The van der Waals surface area contributed by atoms with Crippen LogP contribution < -0.4 is 11.5 Å². The number of H-pyrrole nitrogens is 1. The van der Waals surface area contributed by atoms with Crippen LogP contribution in [0.25, 0.3) is 0 Å². The first-order chi connectivity index (χ1) is 9.54. The monoisotopic (exact) mass is 292 g/mol. The minimum absolute atomic E-state index is 0.261. The summed E-state index contributed by atoms with van der Waals surface area (Å²) in [7, 11) is 0. The zero-order valence-corrected chi connectivity index (χ0v) is 11.2. The van der Waals surface area contributed by atoms with Gasteiger partial charge in [-0.2, -0.15) is 5.21 Å². The van der Waals surface area contributed by atoms with Gasteiger partial charge in [-0.25, -0.2) is 0 Å². The van der Waals surface area contributed by atoms with Gasteiger partial charge in [-0.05, 0) is 24.8 Å². The number of hydrogen-bond donors (Lipinski definition) is 3. The molecule has 2 heterocycles. The maximum absolute atomic E-state index is 12.0. The molecule has 8 nitrogen and oxygen atoms in total. The number of primary amides is 2. The molecule has 3 rings (SSSR count). The van der Waals surface area contributed by atoms with Crippen LogP contribution in [0.1, 0.15) is 33.0 Å². The number of nitrogens with zero attached hydrogens (tertiary/aromatic N) is 3. The fourth-order valence-electron chi connectivity index (χ4n) is 2.63. The second kappa shape index (κ2) is 4.37. The molecule has 2 aromatic heterocycles. The molecule has 2 amide bonds. The summed E-state index contributed by atoms with van der Waals surface area (Å²) in [5, 5.41) is 15.4. The van der Waals surface area contributed by atoms with E-state index in [0.717, 1.165) is 10.4 Å². The Balaban J connectivity index is 2.10. The zero-order valence-electron chi connectivity index (χ0n) is 10.4. The minimum atomic E-state index is -1.04. The first-order valence-corrected chi connectivity index (χ1v) is 6.85. The number of nitrogens with two attached hydrogens (primary N) is 2. The lowest BCUT2D eigenvalue weighted by atomic mass is 9.71. The van der Waals surface area contributed by atoms with E-state index in [4.69, 9.17) is 11.5 Å². The van der Waals surface area contributed by atoms with Crippen molar-refractivity contribution in [3.05, 3.63) is 27.2 Å². The van der Waals surface area contributed by atoms with Crippen LogP contribution in [-0.2, 0) is 23.1 Å². The fourth-order valence-corrected chi connectivity index (χ4v) is 3.69. The molecule has 104 valence electrons. The van der Waals surface area contributed by atoms with Gasteiger partial charge in [0.1, 0.15) is 5.41 Å². The van der Waals surface area contributed by atoms with Gasteiger partial charge < -0.3 is 11.5 Å². The molecular formula is C11H12N6O2S. The number of tetrazole rings is 1. The van der Waals surface area contributed by atoms with E-state index in [1.807, 2.05) is 0 Å². The third-order valence-corrected chi connectivity index (χ3v) is 4.84. The highest BCUT2D eigenvalue weighted by molar-refractivity contribution is 7.10. The number of amides is 2. The molecule has 0 aromatic carbocycles. The SMILES string of the molecule is NC(=O)c1csc2c1CC(C(N)=O)(c1nn[nH]n1)CC2. The maximum atomic E-state index is 12.0. The average Bonchev–Trinajstić information content (AvgIpc) is 3.07. The van der Waals surface area contributed by atoms with Crippen molar-refractivity contribution < 1.29 is 9.59 Å². The van der Waals surface area contributed by atoms with Crippen LogP contribution in [0.5, 0.6) is 0 Å². The molecule has 5 N–H and O–H groups in total. The van der Waals surface area contributed by atoms with E-state index in [1.165, 1.54) is 11.3 Å². The van der Waals surface area contributed by atoms with E-state index in [2.05, 4.69) is 20.6 Å². The van der Waals surface area contributed by atoms with Crippen LogP contribution in [0.15, 0.2) is 5.38 Å². The van der Waals surface area contributed by atoms with Gasteiger partial charge in [0.05, 0.1) is 5.56 Å². The minimum Gasteiger partial charge on any atom is -0.369 e. The second-order valence-electron chi connectivity index (χ2n) is 4.77. The Hall–Kier alpha value is -2.29. The number of aryl methyl sites for hydroxylation is 1. The molecule has 1 aliphatic carbocycles. The number of aromatic amines is 1. The summed E-state index contributed by atoms with van der Waals surface area (Å²) in [5.41, 5.74) is 11.1. The molecule has 1 aliphatic rings. The largest absolute Gasteiger partial charge is 0.369 e. The summed E-state index contributed by atoms with van der Waals surface area (Å²) in [6, 6.07) is 0. The third-order valence-electron chi connectivity index (χ3n) is 3.75. The Morgan fingerprint density at radius 2 is 2.20 bits per heavy atom. The van der Waals surface area contributed by atoms with Crippen molar-refractivity contribution >= 4 is 23.2 Å². The molecule has 2 aromatic rings. The lowest BCUT2D eigenvalue weighted by Crippen LogP contribution is -2.46. The van der Waals surface area contributed by atoms with Crippen molar-refractivity contribution in [2.75, 3.05) is 0 Å². The topological polar surface area (TPSA) is 141 Å². The Labute approximate surface area is 117 Å². The van der Waals surface area contributed by atoms with Gasteiger partial charge in [0, 0.05) is 10.3 Å². The van der Waals surface area contributed by atoms with Crippen LogP contribution in [0.4, 0.5) is 0 Å². The molecule has 0 fully saturated rings. The van der Waals surface area contributed by atoms with Crippen LogP contribution in [-0.4, -0.2) is 32.4 Å². The van der Waals surface area contributed by atoms with Crippen molar-refractivity contribution in [1.82, 2.24) is 20.6 Å². The molecule has 0 spiro atoms. The fraction of sp³-hybridized carbons (Fsp3) is 0.364. The maximum Gasteiger partial charge on any atom is 0.249 e. The molecule has 0 radical (unpaired) electrons. The molecule has 0 bridgehead atoms. The predicted molar refractivity (Wildman–Crippen MR) is 69.9 cm³/mol. The van der Waals surface area contributed by atoms with Gasteiger partial charge in [-0.15, -0.1) is 21.5 Å². The number of hydrogen-bond acceptors (Lipinski definition) is 6. The highest BCUT2D eigenvalue weighted by Gasteiger charge is 2.46. The summed E-state index contributed by atoms with van der Waals surface area (Å²) in [4.78, 5) is 24.5. The number of thiophene rings is 1. The van der Waals surface area contributed by atoms with Crippen molar-refractivity contribution in [3.63, 3.8) is 0 Å². The molecule has 0 saturated heterocycles. The Bertz CT molecular complexity index is 679.